The second kappa shape index (κ2) is 18.6. The van der Waals surface area contributed by atoms with Crippen LogP contribution in [-0.4, -0.2) is 159 Å². The molecule has 0 spiro atoms. The number of carbonyl (C=O) groups is 3. The summed E-state index contributed by atoms with van der Waals surface area (Å²) in [6.07, 6.45) is -9.55. The van der Waals surface area contributed by atoms with Crippen LogP contribution in [0.2, 0.25) is 0 Å². The lowest BCUT2D eigenvalue weighted by Gasteiger charge is -2.71. The molecule has 0 bridgehead atoms. The van der Waals surface area contributed by atoms with Gasteiger partial charge >= 0.3 is 17.9 Å². The topological polar surface area (TPSA) is 267 Å². The monoisotopic (exact) mass is 967 g/mol. The number of ether oxygens (including phenoxy) is 8. The van der Waals surface area contributed by atoms with Crippen molar-refractivity contribution in [1.29, 1.82) is 0 Å². The van der Waals surface area contributed by atoms with Crippen LogP contribution in [0.15, 0.2) is 11.6 Å². The Morgan fingerprint density at radius 1 is 0.706 bits per heavy atom. The van der Waals surface area contributed by atoms with Gasteiger partial charge in [-0.1, -0.05) is 53.2 Å². The first kappa shape index (κ1) is 52.0. The number of hydrogen-bond donors (Lipinski definition) is 7. The number of carbonyl (C=O) groups excluding carboxylic acids is 2. The van der Waals surface area contributed by atoms with Crippen LogP contribution < -0.4 is 0 Å². The van der Waals surface area contributed by atoms with Gasteiger partial charge in [-0.2, -0.15) is 0 Å². The molecule has 22 atom stereocenters. The van der Waals surface area contributed by atoms with E-state index >= 15 is 0 Å². The third-order valence-electron chi connectivity index (χ3n) is 19.3. The standard InChI is InChI=1S/C50H78O18/c1-24-34(55)38(67-43-40(65-26(3)53)36(57)30(22-62-43)64-25(2)52)37(58)41(63-24)68-39-35(56)29(54)21-61-42(39)66-33-13-14-46(6)31(47(33,7)23-51)12-15-49(9)32(46)11-10-27-28-20-45(4,5)16-18-50(28,44(59)60)19-17-48(27,49)8/h10,24,28-43,51,54-58H,11-23H2,1-9H3,(H,59,60)/t24-,28-,29-,30+,31+,32+,33-,34-,35-,36-,37+,38+,39+,40+,41-,42-,43-,46+,47-,48+,49+,50-/m0/s1. The molecule has 18 nitrogen and oxygen atoms in total. The Bertz CT molecular complexity index is 1930. The van der Waals surface area contributed by atoms with Crippen molar-refractivity contribution in [2.75, 3.05) is 19.8 Å². The lowest BCUT2D eigenvalue weighted by molar-refractivity contribution is -0.379. The summed E-state index contributed by atoms with van der Waals surface area (Å²) in [6.45, 7) is 16.7. The van der Waals surface area contributed by atoms with Crippen LogP contribution in [0.1, 0.15) is 127 Å². The van der Waals surface area contributed by atoms with E-state index in [-0.39, 0.29) is 59.2 Å². The number of esters is 2. The highest BCUT2D eigenvalue weighted by atomic mass is 16.8. The van der Waals surface area contributed by atoms with Gasteiger partial charge in [-0.05, 0) is 111 Å². The number of aliphatic carboxylic acids is 1. The number of fused-ring (bicyclic) bond motifs is 7. The summed E-state index contributed by atoms with van der Waals surface area (Å²) in [6, 6.07) is 0. The molecule has 8 aliphatic rings. The summed E-state index contributed by atoms with van der Waals surface area (Å²) in [5.74, 6) is -1.93. The molecule has 4 saturated carbocycles. The molecule has 0 radical (unpaired) electrons. The van der Waals surface area contributed by atoms with E-state index in [1.807, 2.05) is 6.92 Å². The summed E-state index contributed by atoms with van der Waals surface area (Å²) in [7, 11) is 0. The molecule has 0 amide bonds. The SMILES string of the molecule is CC(=O)O[C@H]1[C@H](O[C@@H]2[C@@H](O)[C@H](C)O[C@@H](O[C@H]3[C@H](O[C@H]4CC[C@]5(C)[C@@H](CC[C@]6(C)[C@@H]5CC=C5[C@@H]7CC(C)(C)CC[C@]7(C(=O)O)CC[C@]56C)[C@]4(C)CO)OC[C@H](O)[C@@H]3O)[C@@H]2O)OC[C@@H](OC(C)=O)[C@@H]1O. The van der Waals surface area contributed by atoms with Crippen LogP contribution in [0.4, 0.5) is 0 Å². The third-order valence-corrected chi connectivity index (χ3v) is 19.3. The van der Waals surface area contributed by atoms with Gasteiger partial charge in [0.05, 0.1) is 37.4 Å². The molecule has 68 heavy (non-hydrogen) atoms. The predicted octanol–water partition coefficient (Wildman–Crippen LogP) is 3.13. The Morgan fingerprint density at radius 2 is 1.35 bits per heavy atom. The molecule has 0 aromatic heterocycles. The zero-order chi connectivity index (χ0) is 49.7. The second-order valence-corrected chi connectivity index (χ2v) is 23.6. The predicted molar refractivity (Wildman–Crippen MR) is 238 cm³/mol. The normalized spacial score (nSPS) is 51.1. The molecule has 3 aliphatic heterocycles. The van der Waals surface area contributed by atoms with Gasteiger partial charge in [0.2, 0.25) is 0 Å². The van der Waals surface area contributed by atoms with Gasteiger partial charge in [-0.15, -0.1) is 0 Å². The van der Waals surface area contributed by atoms with Gasteiger partial charge in [0, 0.05) is 19.3 Å². The van der Waals surface area contributed by atoms with Crippen molar-refractivity contribution < 1.29 is 88.0 Å². The highest BCUT2D eigenvalue weighted by Gasteiger charge is 2.70. The van der Waals surface area contributed by atoms with Gasteiger partial charge in [0.15, 0.2) is 31.1 Å². The van der Waals surface area contributed by atoms with E-state index < -0.39 is 115 Å². The summed E-state index contributed by atoms with van der Waals surface area (Å²) in [5, 5.41) is 78.6. The van der Waals surface area contributed by atoms with Gasteiger partial charge in [-0.3, -0.25) is 14.4 Å². The number of carboxylic acid groups (broad SMARTS) is 1. The van der Waals surface area contributed by atoms with Gasteiger partial charge in [0.25, 0.3) is 0 Å². The summed E-state index contributed by atoms with van der Waals surface area (Å²) < 4.78 is 47.2. The van der Waals surface area contributed by atoms with Crippen LogP contribution >= 0.6 is 0 Å². The number of carboxylic acids is 1. The minimum absolute atomic E-state index is 0.00775. The van der Waals surface area contributed by atoms with Crippen LogP contribution in [0.25, 0.3) is 0 Å². The summed E-state index contributed by atoms with van der Waals surface area (Å²) in [5.41, 5.74) is -0.647. The van der Waals surface area contributed by atoms with Gasteiger partial charge in [-0.25, -0.2) is 0 Å². The molecule has 386 valence electrons. The van der Waals surface area contributed by atoms with E-state index in [0.29, 0.717) is 19.3 Å². The molecule has 8 rings (SSSR count). The molecule has 7 fully saturated rings. The maximum atomic E-state index is 13.2. The summed E-state index contributed by atoms with van der Waals surface area (Å²) >= 11 is 0. The number of hydrogen-bond acceptors (Lipinski definition) is 17. The van der Waals surface area contributed by atoms with E-state index in [1.54, 1.807) is 0 Å². The maximum Gasteiger partial charge on any atom is 0.310 e. The average molecular weight is 967 g/mol. The van der Waals surface area contributed by atoms with Crippen LogP contribution in [0, 0.1) is 50.2 Å². The molecular weight excluding hydrogens is 889 g/mol. The molecule has 3 saturated heterocycles. The number of aliphatic hydroxyl groups excluding tert-OH is 6. The molecule has 0 unspecified atom stereocenters. The third kappa shape index (κ3) is 8.49. The zero-order valence-corrected chi connectivity index (χ0v) is 41.2. The Morgan fingerprint density at radius 3 is 2.01 bits per heavy atom. The van der Waals surface area contributed by atoms with Crippen molar-refractivity contribution >= 4 is 17.9 Å². The van der Waals surface area contributed by atoms with Gasteiger partial charge in [0.1, 0.15) is 42.7 Å². The van der Waals surface area contributed by atoms with Crippen molar-refractivity contribution in [1.82, 2.24) is 0 Å². The first-order valence-corrected chi connectivity index (χ1v) is 24.9. The number of aliphatic hydroxyl groups is 6. The lowest BCUT2D eigenvalue weighted by Crippen LogP contribution is -2.67. The Kier molecular flexibility index (Phi) is 14.2. The fraction of sp³-hybridized carbons (Fsp3) is 0.900. The fourth-order valence-corrected chi connectivity index (χ4v) is 15.1. The molecule has 5 aliphatic carbocycles. The zero-order valence-electron chi connectivity index (χ0n) is 41.2. The van der Waals surface area contributed by atoms with E-state index in [0.717, 1.165) is 58.8 Å². The van der Waals surface area contributed by atoms with E-state index in [2.05, 4.69) is 40.7 Å². The van der Waals surface area contributed by atoms with Crippen molar-refractivity contribution in [3.05, 3.63) is 11.6 Å². The second-order valence-electron chi connectivity index (χ2n) is 23.6. The molecule has 18 heteroatoms. The quantitative estimate of drug-likeness (QED) is 0.0942. The van der Waals surface area contributed by atoms with Crippen molar-refractivity contribution in [3.63, 3.8) is 0 Å². The van der Waals surface area contributed by atoms with E-state index in [9.17, 15) is 50.1 Å². The number of allylic oxidation sites excluding steroid dienone is 2. The maximum absolute atomic E-state index is 13.2. The molecule has 3 heterocycles. The van der Waals surface area contributed by atoms with Crippen molar-refractivity contribution in [2.24, 2.45) is 50.2 Å². The Balaban J connectivity index is 1.01. The largest absolute Gasteiger partial charge is 0.481 e. The molecule has 7 N–H and O–H groups in total. The Labute approximate surface area is 399 Å². The van der Waals surface area contributed by atoms with E-state index in [1.165, 1.54) is 12.5 Å². The highest BCUT2D eigenvalue weighted by Crippen LogP contribution is 2.76. The molecule has 0 aromatic rings. The first-order chi connectivity index (χ1) is 31.8. The minimum atomic E-state index is -1.80. The smallest absolute Gasteiger partial charge is 0.310 e. The molecular formula is C50H78O18. The van der Waals surface area contributed by atoms with Gasteiger partial charge < -0.3 is 73.6 Å². The fourth-order valence-electron chi connectivity index (χ4n) is 15.1. The van der Waals surface area contributed by atoms with Crippen molar-refractivity contribution in [3.8, 4) is 0 Å². The number of rotatable bonds is 10. The van der Waals surface area contributed by atoms with Crippen LogP contribution in [0.5, 0.6) is 0 Å². The average Bonchev–Trinajstić information content (AvgIpc) is 3.26. The highest BCUT2D eigenvalue weighted by molar-refractivity contribution is 5.76. The van der Waals surface area contributed by atoms with Crippen molar-refractivity contribution in [2.45, 2.75) is 213 Å². The molecule has 0 aromatic carbocycles. The van der Waals surface area contributed by atoms with Crippen LogP contribution in [-0.2, 0) is 52.3 Å². The van der Waals surface area contributed by atoms with E-state index in [4.69, 9.17) is 37.9 Å². The Hall–Kier alpha value is -2.33. The first-order valence-electron chi connectivity index (χ1n) is 24.9. The lowest BCUT2D eigenvalue weighted by atomic mass is 9.33. The minimum Gasteiger partial charge on any atom is -0.481 e. The summed E-state index contributed by atoms with van der Waals surface area (Å²) in [4.78, 5) is 36.9. The van der Waals surface area contributed by atoms with Crippen LogP contribution in [0.3, 0.4) is 0 Å².